The molecule has 0 N–H and O–H groups in total. The van der Waals surface area contributed by atoms with E-state index in [0.29, 0.717) is 13.1 Å². The third-order valence-corrected chi connectivity index (χ3v) is 5.17. The molecule has 2 aromatic carbocycles. The largest absolute Gasteiger partial charge is 0.496 e. The molecule has 1 aromatic heterocycles. The molecule has 1 amide bonds. The molecule has 0 aliphatic heterocycles. The lowest BCUT2D eigenvalue weighted by Crippen LogP contribution is -2.28. The van der Waals surface area contributed by atoms with Gasteiger partial charge in [0.25, 0.3) is 0 Å². The Bertz CT molecular complexity index is 1010. The number of hydrogen-bond donors (Lipinski definition) is 0. The Balaban J connectivity index is 2.18. The monoisotopic (exact) mass is 377 g/mol. The molecule has 4 nitrogen and oxygen atoms in total. The Morgan fingerprint density at radius 3 is 2.46 bits per heavy atom. The Hall–Kier alpha value is -3.01. The fraction of sp³-hybridized carbons (Fsp3) is 0.292. The molecule has 3 rings (SSSR count). The standard InChI is InChI=1S/C24H27NO3/c1-6-25(7-2)22(26)13-16(3)19-14-20-21(18-11-9-8-10-12-18)15-28-24(20)17(4)23(19)27-5/h8-15H,6-7H2,1-5H3/b16-13+. The molecular weight excluding hydrogens is 350 g/mol. The lowest BCUT2D eigenvalue weighted by Gasteiger charge is -2.18. The number of carbonyl (C=O) groups excluding carboxylic acids is 1. The molecule has 4 heteroatoms. The maximum Gasteiger partial charge on any atom is 0.246 e. The Labute approximate surface area is 166 Å². The molecule has 0 fully saturated rings. The molecule has 0 spiro atoms. The Morgan fingerprint density at radius 1 is 1.18 bits per heavy atom. The molecule has 0 aliphatic rings. The van der Waals surface area contributed by atoms with Gasteiger partial charge in [0.05, 0.1) is 13.4 Å². The van der Waals surface area contributed by atoms with Gasteiger partial charge in [-0.25, -0.2) is 0 Å². The first-order chi connectivity index (χ1) is 13.5. The van der Waals surface area contributed by atoms with Crippen LogP contribution < -0.4 is 4.74 Å². The van der Waals surface area contributed by atoms with E-state index < -0.39 is 0 Å². The second-order valence-corrected chi connectivity index (χ2v) is 6.81. The zero-order chi connectivity index (χ0) is 20.3. The maximum atomic E-state index is 12.6. The van der Waals surface area contributed by atoms with Crippen molar-refractivity contribution in [1.82, 2.24) is 4.90 Å². The third-order valence-electron chi connectivity index (χ3n) is 5.17. The fourth-order valence-corrected chi connectivity index (χ4v) is 3.60. The van der Waals surface area contributed by atoms with Gasteiger partial charge in [-0.05, 0) is 44.9 Å². The number of aryl methyl sites for hydroxylation is 1. The first-order valence-electron chi connectivity index (χ1n) is 9.63. The molecule has 0 radical (unpaired) electrons. The van der Waals surface area contributed by atoms with Gasteiger partial charge in [-0.1, -0.05) is 30.3 Å². The summed E-state index contributed by atoms with van der Waals surface area (Å²) in [5.74, 6) is 0.750. The number of ether oxygens (including phenoxy) is 1. The SMILES string of the molecule is CCN(CC)C(=O)/C=C(\C)c1cc2c(-c3ccccc3)coc2c(C)c1OC. The van der Waals surface area contributed by atoms with Crippen molar-refractivity contribution < 1.29 is 13.9 Å². The molecule has 1 heterocycles. The zero-order valence-corrected chi connectivity index (χ0v) is 17.2. The number of amides is 1. The van der Waals surface area contributed by atoms with Crippen LogP contribution in [0.2, 0.25) is 0 Å². The Morgan fingerprint density at radius 2 is 1.86 bits per heavy atom. The molecular formula is C24H27NO3. The first kappa shape index (κ1) is 19.7. The van der Waals surface area contributed by atoms with Gasteiger partial charge in [0.15, 0.2) is 0 Å². The van der Waals surface area contributed by atoms with Gasteiger partial charge in [-0.2, -0.15) is 0 Å². The van der Waals surface area contributed by atoms with E-state index >= 15 is 0 Å². The van der Waals surface area contributed by atoms with Crippen molar-refractivity contribution >= 4 is 22.4 Å². The molecule has 0 atom stereocenters. The normalized spacial score (nSPS) is 11.7. The van der Waals surface area contributed by atoms with Crippen LogP contribution in [-0.4, -0.2) is 31.0 Å². The van der Waals surface area contributed by atoms with Gasteiger partial charge in [-0.15, -0.1) is 0 Å². The smallest absolute Gasteiger partial charge is 0.246 e. The van der Waals surface area contributed by atoms with Crippen molar-refractivity contribution in [2.75, 3.05) is 20.2 Å². The summed E-state index contributed by atoms with van der Waals surface area (Å²) in [5, 5.41) is 1.02. The number of fused-ring (bicyclic) bond motifs is 1. The number of hydrogen-bond acceptors (Lipinski definition) is 3. The number of furan rings is 1. The minimum absolute atomic E-state index is 0.0118. The van der Waals surface area contributed by atoms with Crippen LogP contribution in [0.1, 0.15) is 31.9 Å². The first-order valence-corrected chi connectivity index (χ1v) is 9.63. The van der Waals surface area contributed by atoms with Crippen molar-refractivity contribution in [1.29, 1.82) is 0 Å². The van der Waals surface area contributed by atoms with Crippen LogP contribution in [0.25, 0.3) is 27.7 Å². The van der Waals surface area contributed by atoms with E-state index in [1.807, 2.05) is 45.9 Å². The zero-order valence-electron chi connectivity index (χ0n) is 17.2. The summed E-state index contributed by atoms with van der Waals surface area (Å²) >= 11 is 0. The van der Waals surface area contributed by atoms with E-state index in [0.717, 1.165) is 44.5 Å². The van der Waals surface area contributed by atoms with Crippen LogP contribution in [0.3, 0.4) is 0 Å². The second-order valence-electron chi connectivity index (χ2n) is 6.81. The van der Waals surface area contributed by atoms with Gasteiger partial charge in [0.1, 0.15) is 11.3 Å². The van der Waals surface area contributed by atoms with Gasteiger partial charge in [-0.3, -0.25) is 4.79 Å². The molecule has 0 unspecified atom stereocenters. The number of allylic oxidation sites excluding steroid dienone is 1. The van der Waals surface area contributed by atoms with Crippen molar-refractivity contribution in [2.24, 2.45) is 0 Å². The average Bonchev–Trinajstić information content (AvgIpc) is 3.13. The van der Waals surface area contributed by atoms with Crippen LogP contribution in [0.5, 0.6) is 5.75 Å². The maximum absolute atomic E-state index is 12.6. The van der Waals surface area contributed by atoms with Crippen molar-refractivity contribution in [3.63, 3.8) is 0 Å². The lowest BCUT2D eigenvalue weighted by atomic mass is 9.96. The molecule has 3 aromatic rings. The van der Waals surface area contributed by atoms with E-state index in [1.165, 1.54) is 0 Å². The molecule has 28 heavy (non-hydrogen) atoms. The predicted octanol–water partition coefficient (Wildman–Crippen LogP) is 5.69. The highest BCUT2D eigenvalue weighted by Crippen LogP contribution is 2.40. The van der Waals surface area contributed by atoms with Crippen LogP contribution in [0, 0.1) is 6.92 Å². The number of nitrogens with zero attached hydrogens (tertiary/aromatic N) is 1. The van der Waals surface area contributed by atoms with Crippen molar-refractivity contribution in [3.8, 4) is 16.9 Å². The van der Waals surface area contributed by atoms with Gasteiger partial charge in [0, 0.05) is 41.2 Å². The van der Waals surface area contributed by atoms with E-state index in [2.05, 4.69) is 18.2 Å². The molecule has 0 saturated carbocycles. The summed E-state index contributed by atoms with van der Waals surface area (Å²) in [4.78, 5) is 14.4. The minimum Gasteiger partial charge on any atom is -0.496 e. The predicted molar refractivity (Wildman–Crippen MR) is 115 cm³/mol. The number of likely N-dealkylation sites (N-methyl/N-ethyl adjacent to an activating group) is 1. The van der Waals surface area contributed by atoms with Crippen LogP contribution in [0.4, 0.5) is 0 Å². The van der Waals surface area contributed by atoms with E-state index in [1.54, 1.807) is 24.3 Å². The fourth-order valence-electron chi connectivity index (χ4n) is 3.60. The highest BCUT2D eigenvalue weighted by atomic mass is 16.5. The van der Waals surface area contributed by atoms with Gasteiger partial charge >= 0.3 is 0 Å². The summed E-state index contributed by atoms with van der Waals surface area (Å²) in [6.07, 6.45) is 3.48. The minimum atomic E-state index is 0.0118. The summed E-state index contributed by atoms with van der Waals surface area (Å²) in [5.41, 5.74) is 5.65. The van der Waals surface area contributed by atoms with Crippen LogP contribution in [0.15, 0.2) is 53.2 Å². The van der Waals surface area contributed by atoms with Crippen molar-refractivity contribution in [2.45, 2.75) is 27.7 Å². The van der Waals surface area contributed by atoms with Gasteiger partial charge in [0.2, 0.25) is 5.91 Å². The highest BCUT2D eigenvalue weighted by molar-refractivity contribution is 6.01. The number of benzene rings is 2. The molecule has 0 bridgehead atoms. The second kappa shape index (κ2) is 8.34. The Kier molecular flexibility index (Phi) is 5.88. The quantitative estimate of drug-likeness (QED) is 0.518. The third kappa shape index (κ3) is 3.55. The highest BCUT2D eigenvalue weighted by Gasteiger charge is 2.19. The number of carbonyl (C=O) groups is 1. The van der Waals surface area contributed by atoms with E-state index in [-0.39, 0.29) is 5.91 Å². The topological polar surface area (TPSA) is 42.7 Å². The van der Waals surface area contributed by atoms with Crippen LogP contribution in [-0.2, 0) is 4.79 Å². The van der Waals surface area contributed by atoms with Crippen LogP contribution >= 0.6 is 0 Å². The molecule has 146 valence electrons. The van der Waals surface area contributed by atoms with Crippen molar-refractivity contribution in [3.05, 3.63) is 59.9 Å². The lowest BCUT2D eigenvalue weighted by molar-refractivity contribution is -0.125. The summed E-state index contributed by atoms with van der Waals surface area (Å²) in [6.45, 7) is 9.29. The molecule has 0 aliphatic carbocycles. The summed E-state index contributed by atoms with van der Waals surface area (Å²) < 4.78 is 11.6. The molecule has 0 saturated heterocycles. The summed E-state index contributed by atoms with van der Waals surface area (Å²) in [7, 11) is 1.65. The number of rotatable bonds is 6. The van der Waals surface area contributed by atoms with E-state index in [4.69, 9.17) is 9.15 Å². The van der Waals surface area contributed by atoms with Gasteiger partial charge < -0.3 is 14.1 Å². The number of methoxy groups -OCH3 is 1. The summed E-state index contributed by atoms with van der Waals surface area (Å²) in [6, 6.07) is 12.2. The van der Waals surface area contributed by atoms with E-state index in [9.17, 15) is 4.79 Å². The average molecular weight is 377 g/mol.